The third-order valence-electron chi connectivity index (χ3n) is 3.39. The number of halogens is 2. The van der Waals surface area contributed by atoms with E-state index in [2.05, 4.69) is 5.32 Å². The van der Waals surface area contributed by atoms with Crippen LogP contribution in [0.15, 0.2) is 42.5 Å². The molecule has 1 unspecified atom stereocenters. The Bertz CT molecular complexity index is 601. The van der Waals surface area contributed by atoms with Gasteiger partial charge in [-0.1, -0.05) is 25.1 Å². The van der Waals surface area contributed by atoms with Crippen molar-refractivity contribution < 1.29 is 13.5 Å². The summed E-state index contributed by atoms with van der Waals surface area (Å²) < 4.78 is 32.0. The molecule has 1 atom stereocenters. The summed E-state index contributed by atoms with van der Waals surface area (Å²) >= 11 is 0. The molecule has 2 nitrogen and oxygen atoms in total. The number of likely N-dealkylation sites (N-methyl/N-ethyl adjacent to an activating group) is 1. The normalized spacial score (nSPS) is 12.2. The number of rotatable bonds is 6. The van der Waals surface area contributed by atoms with Gasteiger partial charge in [0.2, 0.25) is 0 Å². The Morgan fingerprint density at radius 3 is 2.62 bits per heavy atom. The Hall–Kier alpha value is -1.94. The van der Waals surface area contributed by atoms with Crippen LogP contribution in [-0.2, 0) is 6.42 Å². The number of hydrogen-bond acceptors (Lipinski definition) is 2. The minimum Gasteiger partial charge on any atom is -0.497 e. The minimum absolute atomic E-state index is 0.0509. The van der Waals surface area contributed by atoms with Crippen molar-refractivity contribution >= 4 is 0 Å². The molecule has 0 saturated carbocycles. The maximum Gasteiger partial charge on any atom is 0.129 e. The Kier molecular flexibility index (Phi) is 5.28. The Balaban J connectivity index is 2.25. The third-order valence-corrected chi connectivity index (χ3v) is 3.39. The van der Waals surface area contributed by atoms with Crippen LogP contribution in [0.25, 0.3) is 0 Å². The van der Waals surface area contributed by atoms with E-state index in [0.717, 1.165) is 23.9 Å². The average Bonchev–Trinajstić information content (AvgIpc) is 2.49. The molecular formula is C17H19F2NO. The zero-order valence-corrected chi connectivity index (χ0v) is 12.2. The maximum absolute atomic E-state index is 13.8. The molecule has 0 bridgehead atoms. The van der Waals surface area contributed by atoms with Gasteiger partial charge in [0.1, 0.15) is 17.4 Å². The van der Waals surface area contributed by atoms with E-state index >= 15 is 0 Å². The molecule has 21 heavy (non-hydrogen) atoms. The Morgan fingerprint density at radius 2 is 1.95 bits per heavy atom. The number of methoxy groups -OCH3 is 1. The lowest BCUT2D eigenvalue weighted by Gasteiger charge is -2.19. The van der Waals surface area contributed by atoms with Crippen LogP contribution >= 0.6 is 0 Å². The topological polar surface area (TPSA) is 21.3 Å². The number of benzene rings is 2. The molecule has 112 valence electrons. The molecule has 0 aliphatic rings. The van der Waals surface area contributed by atoms with Crippen LogP contribution < -0.4 is 10.1 Å². The van der Waals surface area contributed by atoms with Crippen molar-refractivity contribution in [2.45, 2.75) is 19.4 Å². The van der Waals surface area contributed by atoms with Gasteiger partial charge in [0.05, 0.1) is 7.11 Å². The monoisotopic (exact) mass is 291 g/mol. The number of hydrogen-bond donors (Lipinski definition) is 1. The van der Waals surface area contributed by atoms with Gasteiger partial charge in [0.25, 0.3) is 0 Å². The molecule has 0 radical (unpaired) electrons. The van der Waals surface area contributed by atoms with Crippen molar-refractivity contribution in [2.24, 2.45) is 0 Å². The molecule has 0 saturated heterocycles. The van der Waals surface area contributed by atoms with Crippen molar-refractivity contribution in [3.05, 3.63) is 65.2 Å². The Morgan fingerprint density at radius 1 is 1.14 bits per heavy atom. The molecule has 4 heteroatoms. The molecule has 2 rings (SSSR count). The molecule has 0 aromatic heterocycles. The second kappa shape index (κ2) is 7.18. The minimum atomic E-state index is -0.558. The molecule has 1 N–H and O–H groups in total. The van der Waals surface area contributed by atoms with Crippen molar-refractivity contribution in [1.29, 1.82) is 0 Å². The molecule has 2 aromatic carbocycles. The summed E-state index contributed by atoms with van der Waals surface area (Å²) in [6.45, 7) is 2.75. The van der Waals surface area contributed by atoms with E-state index < -0.39 is 11.6 Å². The van der Waals surface area contributed by atoms with E-state index in [1.165, 1.54) is 12.1 Å². The van der Waals surface area contributed by atoms with Gasteiger partial charge in [-0.15, -0.1) is 0 Å². The van der Waals surface area contributed by atoms with Crippen LogP contribution in [0.3, 0.4) is 0 Å². The second-order valence-electron chi connectivity index (χ2n) is 4.83. The van der Waals surface area contributed by atoms with Gasteiger partial charge in [0, 0.05) is 12.1 Å². The molecule has 0 fully saturated rings. The van der Waals surface area contributed by atoms with Crippen molar-refractivity contribution in [3.8, 4) is 5.75 Å². The molecule has 0 amide bonds. The lowest BCUT2D eigenvalue weighted by atomic mass is 9.98. The fourth-order valence-corrected chi connectivity index (χ4v) is 2.32. The van der Waals surface area contributed by atoms with Crippen LogP contribution in [-0.4, -0.2) is 13.7 Å². The quantitative estimate of drug-likeness (QED) is 0.872. The Labute approximate surface area is 123 Å². The zero-order valence-electron chi connectivity index (χ0n) is 12.2. The fraction of sp³-hybridized carbons (Fsp3) is 0.294. The first-order valence-corrected chi connectivity index (χ1v) is 6.95. The summed E-state index contributed by atoms with van der Waals surface area (Å²) in [4.78, 5) is 0. The molecule has 0 heterocycles. The third kappa shape index (κ3) is 4.02. The molecule has 2 aromatic rings. The molecule has 0 aliphatic heterocycles. The van der Waals surface area contributed by atoms with Crippen LogP contribution in [0.1, 0.15) is 24.1 Å². The molecular weight excluding hydrogens is 272 g/mol. The van der Waals surface area contributed by atoms with Gasteiger partial charge in [-0.25, -0.2) is 8.78 Å². The summed E-state index contributed by atoms with van der Waals surface area (Å²) in [6.07, 6.45) is 0.452. The summed E-state index contributed by atoms with van der Waals surface area (Å²) in [5.74, 6) is -0.312. The van der Waals surface area contributed by atoms with E-state index in [0.29, 0.717) is 12.0 Å². The van der Waals surface area contributed by atoms with E-state index in [4.69, 9.17) is 4.74 Å². The summed E-state index contributed by atoms with van der Waals surface area (Å²) in [6, 6.07) is 11.3. The fourth-order valence-electron chi connectivity index (χ4n) is 2.32. The van der Waals surface area contributed by atoms with Crippen LogP contribution in [0.5, 0.6) is 5.75 Å². The predicted molar refractivity (Wildman–Crippen MR) is 79.5 cm³/mol. The summed E-state index contributed by atoms with van der Waals surface area (Å²) in [7, 11) is 1.61. The smallest absolute Gasteiger partial charge is 0.129 e. The zero-order chi connectivity index (χ0) is 15.2. The van der Waals surface area contributed by atoms with Gasteiger partial charge in [-0.2, -0.15) is 0 Å². The predicted octanol–water partition coefficient (Wildman–Crippen LogP) is 3.87. The van der Waals surface area contributed by atoms with Crippen molar-refractivity contribution in [3.63, 3.8) is 0 Å². The van der Waals surface area contributed by atoms with Crippen LogP contribution in [0.2, 0.25) is 0 Å². The lowest BCUT2D eigenvalue weighted by Crippen LogP contribution is -2.23. The van der Waals surface area contributed by atoms with E-state index in [9.17, 15) is 8.78 Å². The van der Waals surface area contributed by atoms with E-state index in [1.807, 2.05) is 31.2 Å². The highest BCUT2D eigenvalue weighted by Crippen LogP contribution is 2.24. The first-order valence-electron chi connectivity index (χ1n) is 6.95. The molecule has 0 spiro atoms. The molecule has 0 aliphatic carbocycles. The van der Waals surface area contributed by atoms with Crippen molar-refractivity contribution in [2.75, 3.05) is 13.7 Å². The van der Waals surface area contributed by atoms with Crippen LogP contribution in [0.4, 0.5) is 8.78 Å². The van der Waals surface area contributed by atoms with Gasteiger partial charge in [-0.05, 0) is 42.3 Å². The lowest BCUT2D eigenvalue weighted by molar-refractivity contribution is 0.413. The first-order chi connectivity index (χ1) is 10.1. The van der Waals surface area contributed by atoms with Crippen LogP contribution in [0, 0.1) is 11.6 Å². The maximum atomic E-state index is 13.8. The highest BCUT2D eigenvalue weighted by molar-refractivity contribution is 5.32. The second-order valence-corrected chi connectivity index (χ2v) is 4.83. The highest BCUT2D eigenvalue weighted by Gasteiger charge is 2.14. The van der Waals surface area contributed by atoms with E-state index in [1.54, 1.807) is 7.11 Å². The van der Waals surface area contributed by atoms with Crippen molar-refractivity contribution in [1.82, 2.24) is 5.32 Å². The van der Waals surface area contributed by atoms with Gasteiger partial charge in [0.15, 0.2) is 0 Å². The first kappa shape index (κ1) is 15.4. The van der Waals surface area contributed by atoms with Gasteiger partial charge in [-0.3, -0.25) is 0 Å². The number of nitrogens with one attached hydrogen (secondary N) is 1. The SMILES string of the molecule is CCNC(Cc1ccc(F)cc1F)c1cccc(OC)c1. The largest absolute Gasteiger partial charge is 0.497 e. The number of ether oxygens (including phenoxy) is 1. The standard InChI is InChI=1S/C17H19F2NO/c1-3-20-17(13-5-4-6-15(9-13)21-2)10-12-7-8-14(18)11-16(12)19/h4-9,11,17,20H,3,10H2,1-2H3. The van der Waals surface area contributed by atoms with E-state index in [-0.39, 0.29) is 6.04 Å². The average molecular weight is 291 g/mol. The summed E-state index contributed by atoms with van der Waals surface area (Å²) in [5, 5.41) is 3.32. The van der Waals surface area contributed by atoms with Gasteiger partial charge >= 0.3 is 0 Å². The summed E-state index contributed by atoms with van der Waals surface area (Å²) in [5.41, 5.74) is 1.50. The highest BCUT2D eigenvalue weighted by atomic mass is 19.1. The van der Waals surface area contributed by atoms with Gasteiger partial charge < -0.3 is 10.1 Å².